The quantitative estimate of drug-likeness (QED) is 0.702. The van der Waals surface area contributed by atoms with Crippen LogP contribution in [0.1, 0.15) is 34.1 Å². The minimum absolute atomic E-state index is 0.356. The van der Waals surface area contributed by atoms with Crippen LogP contribution in [0.2, 0.25) is 0 Å². The second-order valence-electron chi connectivity index (χ2n) is 4.70. The highest BCUT2D eigenvalue weighted by Crippen LogP contribution is 2.31. The van der Waals surface area contributed by atoms with Gasteiger partial charge >= 0.3 is 0 Å². The normalized spacial score (nSPS) is 13.8. The molecule has 0 bridgehead atoms. The van der Waals surface area contributed by atoms with Crippen molar-refractivity contribution in [2.24, 2.45) is 5.41 Å². The minimum atomic E-state index is -3.10. The Kier molecular flexibility index (Phi) is 3.16. The molecule has 0 saturated carbocycles. The topological polar surface area (TPSA) is 57.9 Å². The van der Waals surface area contributed by atoms with E-state index in [1.165, 1.54) is 6.26 Å². The average Bonchev–Trinajstić information content (AvgIpc) is 1.83. The van der Waals surface area contributed by atoms with E-state index in [1.54, 1.807) is 27.7 Å². The molecule has 0 heterocycles. The molecular weight excluding hydrogens is 186 g/mol. The van der Waals surface area contributed by atoms with E-state index in [2.05, 4.69) is 6.07 Å². The Morgan fingerprint density at radius 1 is 1.23 bits per heavy atom. The smallest absolute Gasteiger partial charge is 0.152 e. The zero-order valence-electron chi connectivity index (χ0n) is 8.88. The number of nitrogens with zero attached hydrogens (tertiary/aromatic N) is 1. The molecule has 0 aliphatic rings. The van der Waals surface area contributed by atoms with Gasteiger partial charge in [-0.2, -0.15) is 5.26 Å². The van der Waals surface area contributed by atoms with Gasteiger partial charge in [0.15, 0.2) is 9.84 Å². The van der Waals surface area contributed by atoms with E-state index in [-0.39, 0.29) is 0 Å². The zero-order chi connectivity index (χ0) is 10.9. The van der Waals surface area contributed by atoms with Crippen LogP contribution in [0.15, 0.2) is 0 Å². The highest BCUT2D eigenvalue weighted by atomic mass is 32.2. The fourth-order valence-corrected chi connectivity index (χ4v) is 1.86. The maximum Gasteiger partial charge on any atom is 0.152 e. The molecule has 76 valence electrons. The number of sulfone groups is 1. The number of hydrogen-bond donors (Lipinski definition) is 0. The third-order valence-electron chi connectivity index (χ3n) is 2.17. The van der Waals surface area contributed by atoms with Crippen LogP contribution in [-0.2, 0) is 9.84 Å². The molecule has 0 N–H and O–H groups in total. The van der Waals surface area contributed by atoms with Crippen LogP contribution < -0.4 is 0 Å². The first kappa shape index (κ1) is 12.4. The summed E-state index contributed by atoms with van der Waals surface area (Å²) in [4.78, 5) is 0. The fourth-order valence-electron chi connectivity index (χ4n) is 1.23. The summed E-state index contributed by atoms with van der Waals surface area (Å²) in [5.74, 6) is 0. The molecule has 0 aromatic rings. The highest BCUT2D eigenvalue weighted by molar-refractivity contribution is 7.92. The zero-order valence-corrected chi connectivity index (χ0v) is 9.70. The van der Waals surface area contributed by atoms with Crippen LogP contribution >= 0.6 is 0 Å². The molecule has 0 aliphatic carbocycles. The summed E-state index contributed by atoms with van der Waals surface area (Å²) in [5.41, 5.74) is -0.591. The van der Waals surface area contributed by atoms with Crippen molar-refractivity contribution < 1.29 is 8.42 Å². The first-order valence-corrected chi connectivity index (χ1v) is 6.02. The van der Waals surface area contributed by atoms with Crippen molar-refractivity contribution in [3.63, 3.8) is 0 Å². The van der Waals surface area contributed by atoms with Gasteiger partial charge in [-0.15, -0.1) is 0 Å². The molecule has 0 aromatic heterocycles. The van der Waals surface area contributed by atoms with Gasteiger partial charge in [0.1, 0.15) is 0 Å². The molecule has 0 radical (unpaired) electrons. The third-order valence-corrected chi connectivity index (χ3v) is 4.33. The Labute approximate surface area is 80.7 Å². The lowest BCUT2D eigenvalue weighted by Crippen LogP contribution is -2.35. The molecule has 0 saturated heterocycles. The second kappa shape index (κ2) is 3.30. The van der Waals surface area contributed by atoms with E-state index in [4.69, 9.17) is 5.26 Å². The number of hydrogen-bond acceptors (Lipinski definition) is 3. The van der Waals surface area contributed by atoms with Gasteiger partial charge in [0.25, 0.3) is 0 Å². The molecular formula is C9H17NO2S. The van der Waals surface area contributed by atoms with Gasteiger partial charge in [-0.25, -0.2) is 8.42 Å². The third kappa shape index (κ3) is 3.35. The lowest BCUT2D eigenvalue weighted by molar-refractivity contribution is 0.385. The Morgan fingerprint density at radius 2 is 1.62 bits per heavy atom. The summed E-state index contributed by atoms with van der Waals surface area (Å²) < 4.78 is 21.8. The van der Waals surface area contributed by atoms with Gasteiger partial charge in [-0.1, -0.05) is 0 Å². The van der Waals surface area contributed by atoms with Crippen LogP contribution in [-0.4, -0.2) is 19.4 Å². The Morgan fingerprint density at radius 3 is 1.85 bits per heavy atom. The van der Waals surface area contributed by atoms with Gasteiger partial charge in [0.2, 0.25) is 0 Å². The van der Waals surface area contributed by atoms with Gasteiger partial charge < -0.3 is 0 Å². The molecule has 0 unspecified atom stereocenters. The average molecular weight is 203 g/mol. The Bertz CT molecular complexity index is 320. The standard InChI is InChI=1S/C9H17NO2S/c1-8(2,7-10)6-9(3,4)13(5,11)12/h6H2,1-5H3. The van der Waals surface area contributed by atoms with Gasteiger partial charge in [-0.05, 0) is 34.1 Å². The summed E-state index contributed by atoms with van der Waals surface area (Å²) in [6, 6.07) is 2.11. The fraction of sp³-hybridized carbons (Fsp3) is 0.889. The van der Waals surface area contributed by atoms with E-state index >= 15 is 0 Å². The summed E-state index contributed by atoms with van der Waals surface area (Å²) in [6.45, 7) is 6.81. The lowest BCUT2D eigenvalue weighted by Gasteiger charge is -2.28. The van der Waals surface area contributed by atoms with E-state index in [9.17, 15) is 8.42 Å². The minimum Gasteiger partial charge on any atom is -0.229 e. The first-order chi connectivity index (χ1) is 5.52. The van der Waals surface area contributed by atoms with Crippen molar-refractivity contribution in [2.75, 3.05) is 6.26 Å². The van der Waals surface area contributed by atoms with Crippen LogP contribution in [0.4, 0.5) is 0 Å². The summed E-state index contributed by atoms with van der Waals surface area (Å²) in [6.07, 6.45) is 1.57. The second-order valence-corrected chi connectivity index (χ2v) is 7.35. The van der Waals surface area contributed by atoms with Crippen LogP contribution in [0, 0.1) is 16.7 Å². The van der Waals surface area contributed by atoms with Gasteiger partial charge in [0, 0.05) is 6.26 Å². The molecule has 0 fully saturated rings. The van der Waals surface area contributed by atoms with E-state index in [0.717, 1.165) is 0 Å². The maximum atomic E-state index is 11.3. The van der Waals surface area contributed by atoms with Crippen LogP contribution in [0.3, 0.4) is 0 Å². The number of nitriles is 1. The van der Waals surface area contributed by atoms with E-state index in [1.807, 2.05) is 0 Å². The number of rotatable bonds is 3. The summed E-state index contributed by atoms with van der Waals surface area (Å²) in [5, 5.41) is 8.78. The van der Waals surface area contributed by atoms with Crippen molar-refractivity contribution in [3.05, 3.63) is 0 Å². The van der Waals surface area contributed by atoms with E-state index < -0.39 is 20.0 Å². The molecule has 0 atom stereocenters. The molecule has 4 heteroatoms. The van der Waals surface area contributed by atoms with Gasteiger partial charge in [-0.3, -0.25) is 0 Å². The molecule has 0 rings (SSSR count). The predicted molar refractivity (Wildman–Crippen MR) is 52.9 cm³/mol. The van der Waals surface area contributed by atoms with Crippen molar-refractivity contribution >= 4 is 9.84 Å². The van der Waals surface area contributed by atoms with Crippen LogP contribution in [0.25, 0.3) is 0 Å². The summed E-state index contributed by atoms with van der Waals surface area (Å²) >= 11 is 0. The molecule has 0 amide bonds. The summed E-state index contributed by atoms with van der Waals surface area (Å²) in [7, 11) is -3.10. The molecule has 0 aromatic carbocycles. The van der Waals surface area contributed by atoms with Crippen molar-refractivity contribution in [1.29, 1.82) is 5.26 Å². The van der Waals surface area contributed by atoms with Crippen molar-refractivity contribution in [2.45, 2.75) is 38.9 Å². The monoisotopic (exact) mass is 203 g/mol. The van der Waals surface area contributed by atoms with Gasteiger partial charge in [0.05, 0.1) is 16.2 Å². The lowest BCUT2D eigenvalue weighted by atomic mass is 9.85. The molecule has 0 spiro atoms. The highest BCUT2D eigenvalue weighted by Gasteiger charge is 2.36. The van der Waals surface area contributed by atoms with E-state index in [0.29, 0.717) is 6.42 Å². The van der Waals surface area contributed by atoms with Crippen molar-refractivity contribution in [1.82, 2.24) is 0 Å². The Hall–Kier alpha value is -0.560. The van der Waals surface area contributed by atoms with Crippen LogP contribution in [0.5, 0.6) is 0 Å². The van der Waals surface area contributed by atoms with Crippen molar-refractivity contribution in [3.8, 4) is 6.07 Å². The Balaban J connectivity index is 4.86. The molecule has 0 aliphatic heterocycles. The molecule has 3 nitrogen and oxygen atoms in total. The predicted octanol–water partition coefficient (Wildman–Crippen LogP) is 1.75. The maximum absolute atomic E-state index is 11.3. The largest absolute Gasteiger partial charge is 0.229 e. The first-order valence-electron chi connectivity index (χ1n) is 4.13. The SMILES string of the molecule is CC(C)(C#N)CC(C)(C)S(C)(=O)=O. The molecule has 13 heavy (non-hydrogen) atoms.